The molecule has 0 aromatic heterocycles. The quantitative estimate of drug-likeness (QED) is 0.720. The average Bonchev–Trinajstić information content (AvgIpc) is 2.15. The van der Waals surface area contributed by atoms with E-state index in [4.69, 9.17) is 23.2 Å². The van der Waals surface area contributed by atoms with Crippen LogP contribution in [0.1, 0.15) is 26.3 Å². The molecule has 0 aliphatic rings. The Kier molecular flexibility index (Phi) is 4.52. The Bertz CT molecular complexity index is 355. The van der Waals surface area contributed by atoms with Crippen LogP contribution in [0.25, 0.3) is 0 Å². The van der Waals surface area contributed by atoms with Crippen LogP contribution in [0.3, 0.4) is 0 Å². The van der Waals surface area contributed by atoms with Crippen LogP contribution in [-0.2, 0) is 5.88 Å². The first-order valence-corrected chi connectivity index (χ1v) is 6.30. The average molecular weight is 260 g/mol. The van der Waals surface area contributed by atoms with Gasteiger partial charge in [-0.05, 0) is 23.1 Å². The molecule has 0 bridgehead atoms. The molecule has 0 N–H and O–H groups in total. The molecule has 1 aromatic rings. The zero-order chi connectivity index (χ0) is 12.3. The lowest BCUT2D eigenvalue weighted by Gasteiger charge is -2.29. The summed E-state index contributed by atoms with van der Waals surface area (Å²) in [5.41, 5.74) is 2.50. The molecule has 0 radical (unpaired) electrons. The third-order valence-corrected chi connectivity index (χ3v) is 2.84. The van der Waals surface area contributed by atoms with Crippen molar-refractivity contribution in [1.82, 2.24) is 0 Å². The van der Waals surface area contributed by atoms with Crippen molar-refractivity contribution in [2.75, 3.05) is 18.5 Å². The molecule has 16 heavy (non-hydrogen) atoms. The number of halogens is 2. The lowest BCUT2D eigenvalue weighted by Crippen LogP contribution is -2.29. The number of nitrogens with zero attached hydrogens (tertiary/aromatic N) is 1. The summed E-state index contributed by atoms with van der Waals surface area (Å²) in [4.78, 5) is 2.21. The van der Waals surface area contributed by atoms with Crippen LogP contribution in [0.5, 0.6) is 0 Å². The normalized spacial score (nSPS) is 11.6. The van der Waals surface area contributed by atoms with Crippen molar-refractivity contribution in [3.8, 4) is 0 Å². The van der Waals surface area contributed by atoms with Crippen LogP contribution >= 0.6 is 23.2 Å². The van der Waals surface area contributed by atoms with Crippen molar-refractivity contribution in [1.29, 1.82) is 0 Å². The summed E-state index contributed by atoms with van der Waals surface area (Å²) >= 11 is 11.9. The first-order chi connectivity index (χ1) is 7.33. The Morgan fingerprint density at radius 1 is 1.25 bits per heavy atom. The minimum absolute atomic E-state index is 0.251. The van der Waals surface area contributed by atoms with Gasteiger partial charge in [-0.1, -0.05) is 38.4 Å². The summed E-state index contributed by atoms with van der Waals surface area (Å²) < 4.78 is 0. The molecule has 90 valence electrons. The first kappa shape index (κ1) is 13.7. The molecule has 0 saturated heterocycles. The van der Waals surface area contributed by atoms with Crippen LogP contribution in [0, 0.1) is 5.41 Å². The van der Waals surface area contributed by atoms with Crippen LogP contribution < -0.4 is 4.90 Å². The summed E-state index contributed by atoms with van der Waals surface area (Å²) in [6.07, 6.45) is 0. The van der Waals surface area contributed by atoms with E-state index >= 15 is 0 Å². The Morgan fingerprint density at radius 2 is 1.88 bits per heavy atom. The summed E-state index contributed by atoms with van der Waals surface area (Å²) in [6, 6.07) is 5.85. The fourth-order valence-electron chi connectivity index (χ4n) is 1.80. The van der Waals surface area contributed by atoms with Gasteiger partial charge in [0.25, 0.3) is 0 Å². The molecule has 1 nitrogen and oxygen atoms in total. The molecule has 0 unspecified atom stereocenters. The van der Waals surface area contributed by atoms with Crippen LogP contribution in [0.4, 0.5) is 5.69 Å². The molecule has 0 amide bonds. The standard InChI is InChI=1S/C13H19Cl2N/c1-13(2,3)9-16(4)12-7-11(15)6-5-10(12)8-14/h5-7H,8-9H2,1-4H3. The Morgan fingerprint density at radius 3 is 2.38 bits per heavy atom. The molecule has 0 atom stereocenters. The smallest absolute Gasteiger partial charge is 0.0494 e. The SMILES string of the molecule is CN(CC(C)(C)C)c1cc(Cl)ccc1CCl. The summed E-state index contributed by atoms with van der Waals surface area (Å²) in [5, 5.41) is 0.754. The van der Waals surface area contributed by atoms with Gasteiger partial charge in [0.1, 0.15) is 0 Å². The molecular weight excluding hydrogens is 241 g/mol. The van der Waals surface area contributed by atoms with E-state index in [1.54, 1.807) is 0 Å². The molecule has 1 aromatic carbocycles. The number of benzene rings is 1. The Labute approximate surface area is 108 Å². The monoisotopic (exact) mass is 259 g/mol. The predicted molar refractivity (Wildman–Crippen MR) is 73.7 cm³/mol. The molecule has 0 fully saturated rings. The van der Waals surface area contributed by atoms with E-state index in [2.05, 4.69) is 32.7 Å². The number of alkyl halides is 1. The van der Waals surface area contributed by atoms with E-state index in [0.717, 1.165) is 22.8 Å². The van der Waals surface area contributed by atoms with Crippen molar-refractivity contribution in [2.45, 2.75) is 26.7 Å². The second-order valence-electron chi connectivity index (χ2n) is 5.32. The van der Waals surface area contributed by atoms with Crippen molar-refractivity contribution >= 4 is 28.9 Å². The summed E-state index contributed by atoms with van der Waals surface area (Å²) in [7, 11) is 2.08. The molecule has 0 aliphatic heterocycles. The zero-order valence-electron chi connectivity index (χ0n) is 10.3. The Hall–Kier alpha value is -0.400. The number of anilines is 1. The third-order valence-electron chi connectivity index (χ3n) is 2.31. The van der Waals surface area contributed by atoms with Gasteiger partial charge in [0.15, 0.2) is 0 Å². The number of rotatable bonds is 3. The highest BCUT2D eigenvalue weighted by atomic mass is 35.5. The van der Waals surface area contributed by atoms with Crippen molar-refractivity contribution in [3.63, 3.8) is 0 Å². The van der Waals surface area contributed by atoms with Gasteiger partial charge in [0.05, 0.1) is 0 Å². The lowest BCUT2D eigenvalue weighted by molar-refractivity contribution is 0.419. The second kappa shape index (κ2) is 5.29. The molecular formula is C13H19Cl2N. The van der Waals surface area contributed by atoms with E-state index in [-0.39, 0.29) is 5.41 Å². The van der Waals surface area contributed by atoms with E-state index in [1.807, 2.05) is 18.2 Å². The van der Waals surface area contributed by atoms with Gasteiger partial charge in [-0.3, -0.25) is 0 Å². The van der Waals surface area contributed by atoms with E-state index in [0.29, 0.717) is 5.88 Å². The topological polar surface area (TPSA) is 3.24 Å². The number of hydrogen-bond donors (Lipinski definition) is 0. The predicted octanol–water partition coefficient (Wildman–Crippen LogP) is 4.56. The van der Waals surface area contributed by atoms with Crippen LogP contribution in [-0.4, -0.2) is 13.6 Å². The van der Waals surface area contributed by atoms with Crippen LogP contribution in [0.2, 0.25) is 5.02 Å². The maximum atomic E-state index is 6.02. The Balaban J connectivity index is 2.97. The van der Waals surface area contributed by atoms with E-state index in [9.17, 15) is 0 Å². The third kappa shape index (κ3) is 3.88. The maximum Gasteiger partial charge on any atom is 0.0494 e. The van der Waals surface area contributed by atoms with Gasteiger partial charge in [-0.15, -0.1) is 11.6 Å². The van der Waals surface area contributed by atoms with E-state index in [1.165, 1.54) is 0 Å². The fraction of sp³-hybridized carbons (Fsp3) is 0.538. The highest BCUT2D eigenvalue weighted by molar-refractivity contribution is 6.31. The highest BCUT2D eigenvalue weighted by Crippen LogP contribution is 2.27. The minimum atomic E-state index is 0.251. The first-order valence-electron chi connectivity index (χ1n) is 5.39. The molecule has 3 heteroatoms. The lowest BCUT2D eigenvalue weighted by atomic mass is 9.96. The van der Waals surface area contributed by atoms with Gasteiger partial charge in [0.2, 0.25) is 0 Å². The summed E-state index contributed by atoms with van der Waals surface area (Å²) in [6.45, 7) is 7.62. The van der Waals surface area contributed by atoms with Crippen molar-refractivity contribution in [3.05, 3.63) is 28.8 Å². The molecule has 0 aliphatic carbocycles. The number of hydrogen-bond acceptors (Lipinski definition) is 1. The fourth-order valence-corrected chi connectivity index (χ4v) is 2.19. The van der Waals surface area contributed by atoms with E-state index < -0.39 is 0 Å². The second-order valence-corrected chi connectivity index (χ2v) is 6.03. The maximum absolute atomic E-state index is 6.02. The zero-order valence-corrected chi connectivity index (χ0v) is 11.9. The molecule has 1 rings (SSSR count). The van der Waals surface area contributed by atoms with Gasteiger partial charge in [-0.25, -0.2) is 0 Å². The highest BCUT2D eigenvalue weighted by Gasteiger charge is 2.16. The molecule has 0 saturated carbocycles. The van der Waals surface area contributed by atoms with Crippen molar-refractivity contribution < 1.29 is 0 Å². The van der Waals surface area contributed by atoms with Crippen molar-refractivity contribution in [2.24, 2.45) is 5.41 Å². The molecule has 0 heterocycles. The van der Waals surface area contributed by atoms with Gasteiger partial charge >= 0.3 is 0 Å². The van der Waals surface area contributed by atoms with Gasteiger partial charge in [-0.2, -0.15) is 0 Å². The van der Waals surface area contributed by atoms with Crippen LogP contribution in [0.15, 0.2) is 18.2 Å². The van der Waals surface area contributed by atoms with Gasteiger partial charge < -0.3 is 4.90 Å². The van der Waals surface area contributed by atoms with Gasteiger partial charge in [0, 0.05) is 30.2 Å². The largest absolute Gasteiger partial charge is 0.374 e. The summed E-state index contributed by atoms with van der Waals surface area (Å²) in [5.74, 6) is 0.515. The minimum Gasteiger partial charge on any atom is -0.374 e. The molecule has 0 spiro atoms.